The molecule has 132 valence electrons. The van der Waals surface area contributed by atoms with Crippen molar-refractivity contribution < 1.29 is 19.4 Å². The summed E-state index contributed by atoms with van der Waals surface area (Å²) in [5.41, 5.74) is 5.80. The van der Waals surface area contributed by atoms with Gasteiger partial charge in [-0.1, -0.05) is 25.0 Å². The lowest BCUT2D eigenvalue weighted by Crippen LogP contribution is -2.36. The van der Waals surface area contributed by atoms with Gasteiger partial charge in [-0.25, -0.2) is 9.37 Å². The lowest BCUT2D eigenvalue weighted by atomic mass is 9.98. The number of nitrogens with one attached hydrogen (secondary N) is 1. The van der Waals surface area contributed by atoms with Crippen LogP contribution in [0.3, 0.4) is 0 Å². The molecule has 5 N–H and O–H groups in total. The van der Waals surface area contributed by atoms with Gasteiger partial charge in [-0.15, -0.1) is 0 Å². The molecule has 0 radical (unpaired) electrons. The number of rotatable bonds is 4. The van der Waals surface area contributed by atoms with Crippen molar-refractivity contribution in [2.75, 3.05) is 0 Å². The Morgan fingerprint density at radius 2 is 1.84 bits per heavy atom. The minimum atomic E-state index is -0.808. The number of nitrogens with zero attached hydrogens (tertiary/aromatic N) is 2. The van der Waals surface area contributed by atoms with E-state index in [-0.39, 0.29) is 23.9 Å². The number of carbonyl (C=O) groups excluding carboxylic acids is 1. The van der Waals surface area contributed by atoms with Gasteiger partial charge in [-0.05, 0) is 30.5 Å². The fourth-order valence-corrected chi connectivity index (χ4v) is 2.92. The average Bonchev–Trinajstić information content (AvgIpc) is 3.04. The van der Waals surface area contributed by atoms with Gasteiger partial charge in [0.1, 0.15) is 5.82 Å². The van der Waals surface area contributed by atoms with Gasteiger partial charge in [-0.2, -0.15) is 4.98 Å². The summed E-state index contributed by atoms with van der Waals surface area (Å²) in [5.74, 6) is -2.27. The van der Waals surface area contributed by atoms with E-state index >= 15 is 0 Å². The van der Waals surface area contributed by atoms with Crippen molar-refractivity contribution in [1.82, 2.24) is 15.3 Å². The van der Waals surface area contributed by atoms with Gasteiger partial charge < -0.3 is 21.3 Å². The Bertz CT molecular complexity index is 789. The summed E-state index contributed by atoms with van der Waals surface area (Å²) in [6.07, 6.45) is 3.11. The first-order chi connectivity index (χ1) is 11.9. The molecule has 1 aliphatic rings. The maximum absolute atomic E-state index is 12.9. The van der Waals surface area contributed by atoms with Crippen LogP contribution in [0.15, 0.2) is 24.3 Å². The summed E-state index contributed by atoms with van der Waals surface area (Å²) in [4.78, 5) is 20.3. The SMILES string of the molecule is NC1(c2nc(O)c(O)c(C(=O)NCc3ccc(F)cc3)n2)CCCC1. The second-order valence-electron chi connectivity index (χ2n) is 6.24. The standard InChI is InChI=1S/C17H19FN4O3/c18-11-5-3-10(4-6-11)9-20-14(24)12-13(23)15(25)22-16(21-12)17(19)7-1-2-8-17/h3-6,23H,1-2,7-9,19H2,(H,20,24)(H,21,22,25). The summed E-state index contributed by atoms with van der Waals surface area (Å²) in [6, 6.07) is 5.63. The zero-order valence-electron chi connectivity index (χ0n) is 13.5. The number of carbonyl (C=O) groups is 1. The molecule has 0 unspecified atom stereocenters. The van der Waals surface area contributed by atoms with Gasteiger partial charge in [0.05, 0.1) is 5.54 Å². The number of hydrogen-bond acceptors (Lipinski definition) is 6. The van der Waals surface area contributed by atoms with Crippen LogP contribution in [0.2, 0.25) is 0 Å². The van der Waals surface area contributed by atoms with Crippen molar-refractivity contribution in [3.63, 3.8) is 0 Å². The number of hydrogen-bond donors (Lipinski definition) is 4. The number of benzene rings is 1. The van der Waals surface area contributed by atoms with E-state index in [1.807, 2.05) is 0 Å². The molecule has 1 amide bonds. The Morgan fingerprint density at radius 3 is 2.48 bits per heavy atom. The van der Waals surface area contributed by atoms with Crippen molar-refractivity contribution in [3.05, 3.63) is 47.2 Å². The van der Waals surface area contributed by atoms with Crippen LogP contribution in [0.5, 0.6) is 11.6 Å². The Morgan fingerprint density at radius 1 is 1.20 bits per heavy atom. The number of aromatic hydroxyl groups is 2. The Kier molecular flexibility index (Phi) is 4.54. The molecule has 3 rings (SSSR count). The zero-order valence-corrected chi connectivity index (χ0v) is 13.5. The first-order valence-corrected chi connectivity index (χ1v) is 8.01. The van der Waals surface area contributed by atoms with Crippen molar-refractivity contribution in [2.24, 2.45) is 5.73 Å². The maximum Gasteiger partial charge on any atom is 0.274 e. The molecule has 1 aliphatic carbocycles. The second-order valence-corrected chi connectivity index (χ2v) is 6.24. The molecular formula is C17H19FN4O3. The monoisotopic (exact) mass is 346 g/mol. The van der Waals surface area contributed by atoms with Crippen LogP contribution < -0.4 is 11.1 Å². The minimum Gasteiger partial charge on any atom is -0.501 e. The van der Waals surface area contributed by atoms with Gasteiger partial charge in [0.15, 0.2) is 11.5 Å². The Hall–Kier alpha value is -2.74. The van der Waals surface area contributed by atoms with E-state index in [2.05, 4.69) is 15.3 Å². The van der Waals surface area contributed by atoms with E-state index in [4.69, 9.17) is 5.73 Å². The zero-order chi connectivity index (χ0) is 18.0. The first-order valence-electron chi connectivity index (χ1n) is 8.01. The first kappa shape index (κ1) is 17.1. The third-order valence-corrected chi connectivity index (χ3v) is 4.39. The number of halogens is 1. The lowest BCUT2D eigenvalue weighted by molar-refractivity contribution is 0.0941. The largest absolute Gasteiger partial charge is 0.501 e. The molecule has 25 heavy (non-hydrogen) atoms. The summed E-state index contributed by atoms with van der Waals surface area (Å²) in [5, 5.41) is 22.3. The summed E-state index contributed by atoms with van der Waals surface area (Å²) < 4.78 is 12.9. The Labute approximate surface area is 143 Å². The predicted octanol–water partition coefficient (Wildman–Crippen LogP) is 1.68. The quantitative estimate of drug-likeness (QED) is 0.668. The fraction of sp³-hybridized carbons (Fsp3) is 0.353. The minimum absolute atomic E-state index is 0.117. The van der Waals surface area contributed by atoms with Crippen LogP contribution in [-0.4, -0.2) is 26.1 Å². The molecule has 0 bridgehead atoms. The topological polar surface area (TPSA) is 121 Å². The smallest absolute Gasteiger partial charge is 0.274 e. The van der Waals surface area contributed by atoms with Crippen molar-refractivity contribution in [2.45, 2.75) is 37.8 Å². The predicted molar refractivity (Wildman–Crippen MR) is 87.3 cm³/mol. The van der Waals surface area contributed by atoms with Gasteiger partial charge in [0, 0.05) is 6.54 Å². The van der Waals surface area contributed by atoms with E-state index in [0.29, 0.717) is 18.4 Å². The summed E-state index contributed by atoms with van der Waals surface area (Å²) in [7, 11) is 0. The Balaban J connectivity index is 1.81. The van der Waals surface area contributed by atoms with Crippen LogP contribution in [0.25, 0.3) is 0 Å². The molecule has 1 heterocycles. The van der Waals surface area contributed by atoms with Gasteiger partial charge in [-0.3, -0.25) is 4.79 Å². The van der Waals surface area contributed by atoms with Crippen LogP contribution >= 0.6 is 0 Å². The summed E-state index contributed by atoms with van der Waals surface area (Å²) >= 11 is 0. The molecule has 1 aromatic heterocycles. The number of aromatic nitrogens is 2. The van der Waals surface area contributed by atoms with Crippen LogP contribution in [0.4, 0.5) is 4.39 Å². The molecular weight excluding hydrogens is 327 g/mol. The molecule has 2 aromatic rings. The third-order valence-electron chi connectivity index (χ3n) is 4.39. The van der Waals surface area contributed by atoms with Crippen LogP contribution in [-0.2, 0) is 12.1 Å². The fourth-order valence-electron chi connectivity index (χ4n) is 2.92. The van der Waals surface area contributed by atoms with Crippen LogP contribution in [0.1, 0.15) is 47.6 Å². The number of nitrogens with two attached hydrogens (primary N) is 1. The highest BCUT2D eigenvalue weighted by molar-refractivity contribution is 5.95. The highest BCUT2D eigenvalue weighted by Gasteiger charge is 2.36. The molecule has 1 aromatic carbocycles. The van der Waals surface area contributed by atoms with Crippen molar-refractivity contribution in [3.8, 4) is 11.6 Å². The highest BCUT2D eigenvalue weighted by atomic mass is 19.1. The average molecular weight is 346 g/mol. The third kappa shape index (κ3) is 3.53. The van der Waals surface area contributed by atoms with Gasteiger partial charge >= 0.3 is 0 Å². The number of amides is 1. The van der Waals surface area contributed by atoms with E-state index < -0.39 is 23.1 Å². The van der Waals surface area contributed by atoms with Crippen molar-refractivity contribution >= 4 is 5.91 Å². The van der Waals surface area contributed by atoms with Crippen molar-refractivity contribution in [1.29, 1.82) is 0 Å². The second kappa shape index (κ2) is 6.64. The summed E-state index contributed by atoms with van der Waals surface area (Å²) in [6.45, 7) is 0.117. The maximum atomic E-state index is 12.9. The highest BCUT2D eigenvalue weighted by Crippen LogP contribution is 2.37. The molecule has 7 nitrogen and oxygen atoms in total. The van der Waals surface area contributed by atoms with Crippen LogP contribution in [0, 0.1) is 5.82 Å². The van der Waals surface area contributed by atoms with E-state index in [1.165, 1.54) is 24.3 Å². The molecule has 1 fully saturated rings. The molecule has 1 saturated carbocycles. The molecule has 0 atom stereocenters. The van der Waals surface area contributed by atoms with E-state index in [1.54, 1.807) is 0 Å². The van der Waals surface area contributed by atoms with Gasteiger partial charge in [0.25, 0.3) is 11.8 Å². The normalized spacial score (nSPS) is 15.9. The van der Waals surface area contributed by atoms with Gasteiger partial charge in [0.2, 0.25) is 5.75 Å². The van der Waals surface area contributed by atoms with E-state index in [0.717, 1.165) is 12.8 Å². The molecule has 0 saturated heterocycles. The molecule has 0 aliphatic heterocycles. The molecule has 8 heteroatoms. The van der Waals surface area contributed by atoms with E-state index in [9.17, 15) is 19.4 Å². The molecule has 0 spiro atoms. The lowest BCUT2D eigenvalue weighted by Gasteiger charge is -2.22.